The van der Waals surface area contributed by atoms with E-state index >= 15 is 0 Å². The summed E-state index contributed by atoms with van der Waals surface area (Å²) in [6.07, 6.45) is -4.62. The van der Waals surface area contributed by atoms with E-state index in [1.807, 2.05) is 4.72 Å². The second-order valence-corrected chi connectivity index (χ2v) is 5.93. The van der Waals surface area contributed by atoms with Gasteiger partial charge < -0.3 is 0 Å². The van der Waals surface area contributed by atoms with E-state index in [0.29, 0.717) is 9.50 Å². The summed E-state index contributed by atoms with van der Waals surface area (Å²) in [5, 5.41) is 0.348. The zero-order valence-electron chi connectivity index (χ0n) is 8.55. The van der Waals surface area contributed by atoms with Crippen molar-refractivity contribution in [2.75, 3.05) is 11.3 Å². The van der Waals surface area contributed by atoms with Gasteiger partial charge in [0.2, 0.25) is 0 Å². The van der Waals surface area contributed by atoms with Crippen LogP contribution in [0.2, 0.25) is 5.02 Å². The van der Waals surface area contributed by atoms with E-state index in [1.165, 1.54) is 22.9 Å². The van der Waals surface area contributed by atoms with E-state index in [1.54, 1.807) is 0 Å². The van der Waals surface area contributed by atoms with Gasteiger partial charge in [-0.25, -0.2) is 0 Å². The number of halogens is 5. The molecule has 0 radical (unpaired) electrons. The van der Waals surface area contributed by atoms with Crippen LogP contribution < -0.4 is 9.44 Å². The number of nitrogens with one attached hydrogen (secondary N) is 2. The summed E-state index contributed by atoms with van der Waals surface area (Å²) in [5.74, 6) is 0. The fourth-order valence-corrected chi connectivity index (χ4v) is 2.29. The number of benzene rings is 1. The van der Waals surface area contributed by atoms with Crippen molar-refractivity contribution >= 4 is 43.4 Å². The van der Waals surface area contributed by atoms with Gasteiger partial charge >= 0.3 is 6.18 Å². The monoisotopic (exact) mass is 366 g/mol. The molecule has 0 heterocycles. The molecule has 0 bridgehead atoms. The van der Waals surface area contributed by atoms with Crippen LogP contribution in [0.4, 0.5) is 18.9 Å². The molecule has 0 unspecified atom stereocenters. The van der Waals surface area contributed by atoms with E-state index < -0.39 is 22.9 Å². The molecule has 102 valence electrons. The van der Waals surface area contributed by atoms with Crippen LogP contribution in [0.1, 0.15) is 0 Å². The van der Waals surface area contributed by atoms with Gasteiger partial charge in [-0.05, 0) is 34.1 Å². The highest BCUT2D eigenvalue weighted by Gasteiger charge is 2.29. The Morgan fingerprint density at radius 1 is 1.33 bits per heavy atom. The van der Waals surface area contributed by atoms with Crippen LogP contribution in [-0.4, -0.2) is 21.1 Å². The smallest absolute Gasteiger partial charge is 0.271 e. The highest BCUT2D eigenvalue weighted by molar-refractivity contribution is 9.10. The molecule has 0 aliphatic heterocycles. The first-order chi connectivity index (χ1) is 8.09. The van der Waals surface area contributed by atoms with Crippen molar-refractivity contribution in [3.8, 4) is 0 Å². The topological polar surface area (TPSA) is 58.2 Å². The minimum absolute atomic E-state index is 0.0842. The quantitative estimate of drug-likeness (QED) is 0.860. The third-order valence-electron chi connectivity index (χ3n) is 1.63. The van der Waals surface area contributed by atoms with Crippen molar-refractivity contribution in [2.45, 2.75) is 6.18 Å². The summed E-state index contributed by atoms with van der Waals surface area (Å²) in [6.45, 7) is -1.64. The molecular formula is C8H7BrClF3N2O2S. The van der Waals surface area contributed by atoms with Crippen LogP contribution in [0.5, 0.6) is 0 Å². The summed E-state index contributed by atoms with van der Waals surface area (Å²) in [4.78, 5) is 0. The molecule has 18 heavy (non-hydrogen) atoms. The summed E-state index contributed by atoms with van der Waals surface area (Å²) < 4.78 is 61.8. The van der Waals surface area contributed by atoms with Gasteiger partial charge in [0.25, 0.3) is 10.2 Å². The Bertz CT molecular complexity index is 536. The van der Waals surface area contributed by atoms with Crippen LogP contribution >= 0.6 is 27.5 Å². The first-order valence-electron chi connectivity index (χ1n) is 4.38. The Balaban J connectivity index is 2.74. The Morgan fingerprint density at radius 2 is 1.94 bits per heavy atom. The molecule has 1 aromatic carbocycles. The standard InChI is InChI=1S/C8H7BrClF3N2O2S/c9-6-3-5(1-2-7(6)10)15-18(16,17)14-4-8(11,12)13/h1-3,14-15H,4H2. The number of anilines is 1. The Hall–Kier alpha value is -0.510. The van der Waals surface area contributed by atoms with Gasteiger partial charge in [0, 0.05) is 4.47 Å². The van der Waals surface area contributed by atoms with Crippen LogP contribution in [-0.2, 0) is 10.2 Å². The zero-order valence-corrected chi connectivity index (χ0v) is 11.7. The lowest BCUT2D eigenvalue weighted by Crippen LogP contribution is -2.37. The molecule has 10 heteroatoms. The number of alkyl halides is 3. The largest absolute Gasteiger partial charge is 0.402 e. The van der Waals surface area contributed by atoms with E-state index in [0.717, 1.165) is 0 Å². The molecule has 0 aromatic heterocycles. The molecule has 0 saturated carbocycles. The Kier molecular flexibility index (Phi) is 4.87. The second-order valence-electron chi connectivity index (χ2n) is 3.17. The lowest BCUT2D eigenvalue weighted by molar-refractivity contribution is -0.121. The molecule has 0 saturated heterocycles. The summed E-state index contributed by atoms with van der Waals surface area (Å²) in [7, 11) is -4.28. The van der Waals surface area contributed by atoms with Gasteiger partial charge in [0.05, 0.1) is 10.7 Å². The minimum atomic E-state index is -4.62. The molecule has 4 nitrogen and oxygen atoms in total. The molecular weight excluding hydrogens is 361 g/mol. The Morgan fingerprint density at radius 3 is 2.44 bits per heavy atom. The van der Waals surface area contributed by atoms with Gasteiger partial charge in [0.15, 0.2) is 0 Å². The van der Waals surface area contributed by atoms with Gasteiger partial charge in [-0.3, -0.25) is 4.72 Å². The first-order valence-corrected chi connectivity index (χ1v) is 7.04. The van der Waals surface area contributed by atoms with E-state index in [-0.39, 0.29) is 5.69 Å². The number of hydrogen-bond donors (Lipinski definition) is 2. The molecule has 0 aliphatic rings. The van der Waals surface area contributed by atoms with Crippen molar-refractivity contribution in [1.82, 2.24) is 4.72 Å². The lowest BCUT2D eigenvalue weighted by atomic mass is 10.3. The van der Waals surface area contributed by atoms with Gasteiger partial charge in [-0.2, -0.15) is 26.3 Å². The third-order valence-corrected chi connectivity index (χ3v) is 3.88. The maximum Gasteiger partial charge on any atom is 0.402 e. The van der Waals surface area contributed by atoms with Crippen LogP contribution in [0.3, 0.4) is 0 Å². The first kappa shape index (κ1) is 15.5. The summed E-state index contributed by atoms with van der Waals surface area (Å²) in [6, 6.07) is 4.04. The van der Waals surface area contributed by atoms with Crippen molar-refractivity contribution < 1.29 is 21.6 Å². The van der Waals surface area contributed by atoms with Crippen LogP contribution in [0.25, 0.3) is 0 Å². The fourth-order valence-electron chi connectivity index (χ4n) is 0.928. The third kappa shape index (κ3) is 5.42. The molecule has 0 aliphatic carbocycles. The van der Waals surface area contributed by atoms with E-state index in [4.69, 9.17) is 11.6 Å². The van der Waals surface area contributed by atoms with E-state index in [2.05, 4.69) is 15.9 Å². The molecule has 1 rings (SSSR count). The molecule has 0 atom stereocenters. The predicted octanol–water partition coefficient (Wildman–Crippen LogP) is 2.91. The van der Waals surface area contributed by atoms with Crippen LogP contribution in [0, 0.1) is 0 Å². The van der Waals surface area contributed by atoms with Crippen molar-refractivity contribution in [2.24, 2.45) is 0 Å². The molecule has 0 fully saturated rings. The van der Waals surface area contributed by atoms with Gasteiger partial charge in [0.1, 0.15) is 6.54 Å². The summed E-state index contributed by atoms with van der Waals surface area (Å²) in [5.41, 5.74) is 0.0842. The van der Waals surface area contributed by atoms with Crippen molar-refractivity contribution in [3.63, 3.8) is 0 Å². The van der Waals surface area contributed by atoms with E-state index in [9.17, 15) is 21.6 Å². The highest BCUT2D eigenvalue weighted by atomic mass is 79.9. The zero-order chi connectivity index (χ0) is 14.0. The predicted molar refractivity (Wildman–Crippen MR) is 65.8 cm³/mol. The van der Waals surface area contributed by atoms with Crippen molar-refractivity contribution in [1.29, 1.82) is 0 Å². The summed E-state index contributed by atoms with van der Waals surface area (Å²) >= 11 is 8.74. The van der Waals surface area contributed by atoms with Gasteiger partial charge in [-0.15, -0.1) is 0 Å². The maximum atomic E-state index is 11.9. The fraction of sp³-hybridized carbons (Fsp3) is 0.250. The molecule has 2 N–H and O–H groups in total. The minimum Gasteiger partial charge on any atom is -0.271 e. The average molecular weight is 368 g/mol. The average Bonchev–Trinajstić information content (AvgIpc) is 2.20. The molecule has 0 amide bonds. The lowest BCUT2D eigenvalue weighted by Gasteiger charge is -2.11. The number of hydrogen-bond acceptors (Lipinski definition) is 2. The number of rotatable bonds is 4. The highest BCUT2D eigenvalue weighted by Crippen LogP contribution is 2.25. The Labute approximate surface area is 115 Å². The molecule has 0 spiro atoms. The SMILES string of the molecule is O=S(=O)(NCC(F)(F)F)Nc1ccc(Cl)c(Br)c1. The normalized spacial score (nSPS) is 12.5. The van der Waals surface area contributed by atoms with Crippen molar-refractivity contribution in [3.05, 3.63) is 27.7 Å². The van der Waals surface area contributed by atoms with Crippen LogP contribution in [0.15, 0.2) is 22.7 Å². The second kappa shape index (κ2) is 5.64. The molecule has 1 aromatic rings. The maximum absolute atomic E-state index is 11.9. The van der Waals surface area contributed by atoms with Gasteiger partial charge in [-0.1, -0.05) is 11.6 Å².